The minimum Gasteiger partial charge on any atom is -0.399 e. The normalized spacial score (nSPS) is 11.5. The molecule has 0 saturated heterocycles. The highest BCUT2D eigenvalue weighted by Crippen LogP contribution is 2.21. The largest absolute Gasteiger partial charge is 0.399 e. The van der Waals surface area contributed by atoms with Crippen LogP contribution in [0.25, 0.3) is 0 Å². The van der Waals surface area contributed by atoms with E-state index in [0.717, 1.165) is 16.7 Å². The summed E-state index contributed by atoms with van der Waals surface area (Å²) in [6.45, 7) is 3.75. The molecule has 2 rings (SSSR count). The Morgan fingerprint density at radius 3 is 2.42 bits per heavy atom. The highest BCUT2D eigenvalue weighted by molar-refractivity contribution is 7.90. The summed E-state index contributed by atoms with van der Waals surface area (Å²) in [6.07, 6.45) is 0. The standard InChI is InChI=1S/C15H17NO2S/c1-11-4-3-5-13(8-11)10-19(17,18)14-6-7-15(16)12(2)9-14/h3-9H,10,16H2,1-2H3. The second kappa shape index (κ2) is 5.05. The molecule has 0 saturated carbocycles. The Labute approximate surface area is 114 Å². The van der Waals surface area contributed by atoms with Crippen LogP contribution in [0.1, 0.15) is 16.7 Å². The lowest BCUT2D eigenvalue weighted by atomic mass is 10.2. The second-order valence-electron chi connectivity index (χ2n) is 4.77. The summed E-state index contributed by atoms with van der Waals surface area (Å²) in [5, 5.41) is 0. The van der Waals surface area contributed by atoms with Gasteiger partial charge >= 0.3 is 0 Å². The van der Waals surface area contributed by atoms with Gasteiger partial charge in [0.05, 0.1) is 10.6 Å². The maximum Gasteiger partial charge on any atom is 0.182 e. The van der Waals surface area contributed by atoms with Crippen LogP contribution < -0.4 is 5.73 Å². The first-order valence-corrected chi connectivity index (χ1v) is 7.68. The first-order chi connectivity index (χ1) is 8.88. The molecule has 0 aromatic heterocycles. The van der Waals surface area contributed by atoms with Crippen LogP contribution in [-0.2, 0) is 15.6 Å². The molecule has 0 unspecified atom stereocenters. The van der Waals surface area contributed by atoms with Crippen molar-refractivity contribution < 1.29 is 8.42 Å². The maximum atomic E-state index is 12.3. The molecule has 0 spiro atoms. The average molecular weight is 275 g/mol. The van der Waals surface area contributed by atoms with Crippen molar-refractivity contribution in [2.75, 3.05) is 5.73 Å². The summed E-state index contributed by atoms with van der Waals surface area (Å²) in [7, 11) is -3.32. The molecular formula is C15H17NO2S. The van der Waals surface area contributed by atoms with E-state index >= 15 is 0 Å². The van der Waals surface area contributed by atoms with E-state index in [-0.39, 0.29) is 5.75 Å². The van der Waals surface area contributed by atoms with Crippen molar-refractivity contribution in [3.05, 3.63) is 59.2 Å². The Hall–Kier alpha value is -1.81. The Bertz CT molecular complexity index is 706. The molecule has 100 valence electrons. The summed E-state index contributed by atoms with van der Waals surface area (Å²) in [4.78, 5) is 0.320. The molecule has 0 aliphatic heterocycles. The molecule has 0 atom stereocenters. The first kappa shape index (κ1) is 13.6. The Balaban J connectivity index is 2.35. The lowest BCUT2D eigenvalue weighted by Gasteiger charge is -2.07. The third-order valence-corrected chi connectivity index (χ3v) is 4.73. The molecule has 2 N–H and O–H groups in total. The molecule has 19 heavy (non-hydrogen) atoms. The summed E-state index contributed by atoms with van der Waals surface area (Å²) < 4.78 is 24.7. The minimum absolute atomic E-state index is 0.0119. The topological polar surface area (TPSA) is 60.2 Å². The van der Waals surface area contributed by atoms with Crippen LogP contribution in [0.2, 0.25) is 0 Å². The number of sulfone groups is 1. The molecule has 0 fully saturated rings. The van der Waals surface area contributed by atoms with Crippen molar-refractivity contribution in [2.24, 2.45) is 0 Å². The zero-order chi connectivity index (χ0) is 14.0. The number of hydrogen-bond donors (Lipinski definition) is 1. The summed E-state index contributed by atoms with van der Waals surface area (Å²) in [5.41, 5.74) is 8.96. The van der Waals surface area contributed by atoms with Gasteiger partial charge in [0.1, 0.15) is 0 Å². The van der Waals surface area contributed by atoms with Crippen molar-refractivity contribution in [3.63, 3.8) is 0 Å². The summed E-state index contributed by atoms with van der Waals surface area (Å²) >= 11 is 0. The SMILES string of the molecule is Cc1cccc(CS(=O)(=O)c2ccc(N)c(C)c2)c1. The van der Waals surface area contributed by atoms with Gasteiger partial charge in [-0.05, 0) is 43.2 Å². The number of aryl methyl sites for hydroxylation is 2. The number of nitrogens with two attached hydrogens (primary N) is 1. The van der Waals surface area contributed by atoms with E-state index < -0.39 is 9.84 Å². The predicted octanol–water partition coefficient (Wildman–Crippen LogP) is 2.86. The van der Waals surface area contributed by atoms with E-state index in [1.54, 1.807) is 25.1 Å². The van der Waals surface area contributed by atoms with Gasteiger partial charge in [-0.15, -0.1) is 0 Å². The Morgan fingerprint density at radius 2 is 1.79 bits per heavy atom. The van der Waals surface area contributed by atoms with E-state index in [4.69, 9.17) is 5.73 Å². The summed E-state index contributed by atoms with van der Waals surface area (Å²) in [6, 6.07) is 12.4. The second-order valence-corrected chi connectivity index (χ2v) is 6.76. The zero-order valence-electron chi connectivity index (χ0n) is 11.1. The summed E-state index contributed by atoms with van der Waals surface area (Å²) in [5.74, 6) is 0.0119. The predicted molar refractivity (Wildman–Crippen MR) is 77.7 cm³/mol. The number of nitrogen functional groups attached to an aromatic ring is 1. The third kappa shape index (κ3) is 3.15. The van der Waals surface area contributed by atoms with Crippen LogP contribution in [0.5, 0.6) is 0 Å². The smallest absolute Gasteiger partial charge is 0.182 e. The minimum atomic E-state index is -3.32. The Morgan fingerprint density at radius 1 is 1.05 bits per heavy atom. The van der Waals surface area contributed by atoms with Crippen molar-refractivity contribution in [2.45, 2.75) is 24.5 Å². The lowest BCUT2D eigenvalue weighted by Crippen LogP contribution is -2.06. The number of anilines is 1. The monoisotopic (exact) mass is 275 g/mol. The van der Waals surface area contributed by atoms with Crippen LogP contribution in [0.15, 0.2) is 47.4 Å². The molecule has 2 aromatic rings. The number of benzene rings is 2. The lowest BCUT2D eigenvalue weighted by molar-refractivity contribution is 0.595. The third-order valence-electron chi connectivity index (χ3n) is 3.04. The molecule has 2 aromatic carbocycles. The van der Waals surface area contributed by atoms with Gasteiger partial charge in [0.25, 0.3) is 0 Å². The van der Waals surface area contributed by atoms with Gasteiger partial charge in [-0.1, -0.05) is 29.8 Å². The zero-order valence-corrected chi connectivity index (χ0v) is 11.9. The van der Waals surface area contributed by atoms with E-state index in [2.05, 4.69) is 0 Å². The quantitative estimate of drug-likeness (QED) is 0.876. The molecule has 0 bridgehead atoms. The van der Waals surface area contributed by atoms with Crippen LogP contribution in [0, 0.1) is 13.8 Å². The van der Waals surface area contributed by atoms with Crippen molar-refractivity contribution in [1.82, 2.24) is 0 Å². The van der Waals surface area contributed by atoms with Crippen LogP contribution in [0.4, 0.5) is 5.69 Å². The molecule has 0 amide bonds. The molecule has 0 aliphatic rings. The van der Waals surface area contributed by atoms with Gasteiger partial charge in [0.2, 0.25) is 0 Å². The number of rotatable bonds is 3. The molecule has 0 radical (unpaired) electrons. The Kier molecular flexibility index (Phi) is 3.62. The molecule has 0 aliphatic carbocycles. The molecule has 3 nitrogen and oxygen atoms in total. The molecule has 4 heteroatoms. The van der Waals surface area contributed by atoms with Gasteiger partial charge in [-0.2, -0.15) is 0 Å². The fourth-order valence-corrected chi connectivity index (χ4v) is 3.36. The fraction of sp³-hybridized carbons (Fsp3) is 0.200. The van der Waals surface area contributed by atoms with E-state index in [9.17, 15) is 8.42 Å². The van der Waals surface area contributed by atoms with Gasteiger partial charge in [0, 0.05) is 5.69 Å². The van der Waals surface area contributed by atoms with E-state index in [1.807, 2.05) is 31.2 Å². The highest BCUT2D eigenvalue weighted by atomic mass is 32.2. The van der Waals surface area contributed by atoms with Crippen LogP contribution >= 0.6 is 0 Å². The van der Waals surface area contributed by atoms with Gasteiger partial charge in [0.15, 0.2) is 9.84 Å². The van der Waals surface area contributed by atoms with E-state index in [1.165, 1.54) is 0 Å². The van der Waals surface area contributed by atoms with Crippen molar-refractivity contribution in [3.8, 4) is 0 Å². The van der Waals surface area contributed by atoms with Gasteiger partial charge < -0.3 is 5.73 Å². The van der Waals surface area contributed by atoms with Crippen molar-refractivity contribution in [1.29, 1.82) is 0 Å². The number of hydrogen-bond acceptors (Lipinski definition) is 3. The first-order valence-electron chi connectivity index (χ1n) is 6.03. The van der Waals surface area contributed by atoms with E-state index in [0.29, 0.717) is 10.6 Å². The van der Waals surface area contributed by atoms with Crippen LogP contribution in [0.3, 0.4) is 0 Å². The van der Waals surface area contributed by atoms with Crippen LogP contribution in [-0.4, -0.2) is 8.42 Å². The average Bonchev–Trinajstić information content (AvgIpc) is 2.32. The van der Waals surface area contributed by atoms with Crippen molar-refractivity contribution >= 4 is 15.5 Å². The maximum absolute atomic E-state index is 12.3. The molecular weight excluding hydrogens is 258 g/mol. The fourth-order valence-electron chi connectivity index (χ4n) is 1.95. The molecule has 0 heterocycles. The van der Waals surface area contributed by atoms with Gasteiger partial charge in [-0.3, -0.25) is 0 Å². The highest BCUT2D eigenvalue weighted by Gasteiger charge is 2.16. The van der Waals surface area contributed by atoms with Gasteiger partial charge in [-0.25, -0.2) is 8.42 Å².